The fourth-order valence-electron chi connectivity index (χ4n) is 2.46. The van der Waals surface area contributed by atoms with E-state index >= 15 is 0 Å². The van der Waals surface area contributed by atoms with Crippen molar-refractivity contribution in [3.63, 3.8) is 0 Å². The van der Waals surface area contributed by atoms with Gasteiger partial charge in [0, 0.05) is 6.07 Å². The van der Waals surface area contributed by atoms with Crippen LogP contribution in [0.3, 0.4) is 0 Å². The van der Waals surface area contributed by atoms with Crippen LogP contribution < -0.4 is 11.3 Å². The molecule has 1 aliphatic rings. The maximum absolute atomic E-state index is 11.7. The van der Waals surface area contributed by atoms with Gasteiger partial charge in [-0.25, -0.2) is 4.68 Å². The van der Waals surface area contributed by atoms with E-state index < -0.39 is 0 Å². The fraction of sp³-hybridized carbons (Fsp3) is 0.286. The Balaban J connectivity index is 1.90. The zero-order valence-electron chi connectivity index (χ0n) is 10.1. The highest BCUT2D eigenvalue weighted by Crippen LogP contribution is 2.22. The number of nitrogen functional groups attached to an aromatic ring is 1. The van der Waals surface area contributed by atoms with Crippen LogP contribution in [0.1, 0.15) is 23.1 Å². The Hall–Kier alpha value is -2.10. The molecule has 4 nitrogen and oxygen atoms in total. The third kappa shape index (κ3) is 2.01. The largest absolute Gasteiger partial charge is 0.397 e. The van der Waals surface area contributed by atoms with E-state index in [-0.39, 0.29) is 5.56 Å². The summed E-state index contributed by atoms with van der Waals surface area (Å²) in [6, 6.07) is 7.84. The van der Waals surface area contributed by atoms with E-state index in [1.807, 2.05) is 0 Å². The molecule has 0 bridgehead atoms. The molecule has 0 radical (unpaired) electrons. The average Bonchev–Trinajstić information content (AvgIpc) is 2.80. The number of hydrogen-bond acceptors (Lipinski definition) is 3. The molecule has 0 amide bonds. The molecular weight excluding hydrogens is 226 g/mol. The minimum absolute atomic E-state index is 0.157. The Morgan fingerprint density at radius 3 is 2.89 bits per heavy atom. The predicted molar refractivity (Wildman–Crippen MR) is 70.5 cm³/mol. The molecule has 1 aromatic carbocycles. The molecule has 4 heteroatoms. The number of benzene rings is 1. The maximum atomic E-state index is 11.7. The number of aromatic nitrogens is 2. The van der Waals surface area contributed by atoms with Gasteiger partial charge in [0.15, 0.2) is 0 Å². The highest BCUT2D eigenvalue weighted by atomic mass is 16.1. The molecule has 0 atom stereocenters. The van der Waals surface area contributed by atoms with E-state index in [1.54, 1.807) is 0 Å². The summed E-state index contributed by atoms with van der Waals surface area (Å²) in [4.78, 5) is 11.7. The normalized spacial score (nSPS) is 13.6. The minimum atomic E-state index is -0.157. The Kier molecular flexibility index (Phi) is 2.63. The van der Waals surface area contributed by atoms with Crippen LogP contribution in [0.5, 0.6) is 0 Å². The predicted octanol–water partition coefficient (Wildman–Crippen LogP) is 1.36. The second-order valence-electron chi connectivity index (χ2n) is 4.74. The third-order valence-corrected chi connectivity index (χ3v) is 3.39. The van der Waals surface area contributed by atoms with E-state index in [0.29, 0.717) is 12.2 Å². The van der Waals surface area contributed by atoms with E-state index in [9.17, 15) is 4.79 Å². The number of rotatable bonds is 2. The average molecular weight is 241 g/mol. The van der Waals surface area contributed by atoms with Crippen LogP contribution >= 0.6 is 0 Å². The number of fused-ring (bicyclic) bond motifs is 1. The molecule has 1 aromatic heterocycles. The van der Waals surface area contributed by atoms with E-state index in [0.717, 1.165) is 12.0 Å². The summed E-state index contributed by atoms with van der Waals surface area (Å²) in [6.45, 7) is 0.506. The lowest BCUT2D eigenvalue weighted by atomic mass is 10.1. The van der Waals surface area contributed by atoms with Crippen molar-refractivity contribution in [2.45, 2.75) is 25.8 Å². The van der Waals surface area contributed by atoms with E-state index in [1.165, 1.54) is 40.9 Å². The molecule has 3 rings (SSSR count). The molecule has 0 fully saturated rings. The molecule has 0 unspecified atom stereocenters. The maximum Gasteiger partial charge on any atom is 0.269 e. The number of anilines is 1. The second kappa shape index (κ2) is 4.29. The summed E-state index contributed by atoms with van der Waals surface area (Å²) >= 11 is 0. The molecule has 0 aliphatic heterocycles. The number of nitrogens with zero attached hydrogens (tertiary/aromatic N) is 2. The molecule has 0 saturated heterocycles. The van der Waals surface area contributed by atoms with Gasteiger partial charge in [-0.05, 0) is 36.0 Å². The van der Waals surface area contributed by atoms with Crippen molar-refractivity contribution in [2.24, 2.45) is 0 Å². The van der Waals surface area contributed by atoms with Crippen molar-refractivity contribution >= 4 is 5.69 Å². The van der Waals surface area contributed by atoms with Gasteiger partial charge in [0.25, 0.3) is 5.56 Å². The minimum Gasteiger partial charge on any atom is -0.397 e. The lowest BCUT2D eigenvalue weighted by molar-refractivity contribution is 0.640. The van der Waals surface area contributed by atoms with Gasteiger partial charge in [-0.3, -0.25) is 4.79 Å². The quantitative estimate of drug-likeness (QED) is 0.863. The van der Waals surface area contributed by atoms with Gasteiger partial charge >= 0.3 is 0 Å². The summed E-state index contributed by atoms with van der Waals surface area (Å²) in [6.07, 6.45) is 5.07. The van der Waals surface area contributed by atoms with Crippen molar-refractivity contribution in [1.82, 2.24) is 9.78 Å². The molecule has 0 spiro atoms. The van der Waals surface area contributed by atoms with Crippen LogP contribution in [0.15, 0.2) is 35.3 Å². The Morgan fingerprint density at radius 1 is 1.22 bits per heavy atom. The number of hydrogen-bond donors (Lipinski definition) is 1. The molecule has 1 aliphatic carbocycles. The van der Waals surface area contributed by atoms with Gasteiger partial charge in [-0.15, -0.1) is 0 Å². The Morgan fingerprint density at radius 2 is 2.06 bits per heavy atom. The topological polar surface area (TPSA) is 60.9 Å². The SMILES string of the molecule is Nc1cnn(Cc2ccc3c(c2)CCC3)c(=O)c1. The van der Waals surface area contributed by atoms with Crippen molar-refractivity contribution in [2.75, 3.05) is 5.73 Å². The summed E-state index contributed by atoms with van der Waals surface area (Å²) < 4.78 is 1.44. The summed E-state index contributed by atoms with van der Waals surface area (Å²) in [5.74, 6) is 0. The van der Waals surface area contributed by atoms with Gasteiger partial charge in [0.1, 0.15) is 0 Å². The van der Waals surface area contributed by atoms with Gasteiger partial charge < -0.3 is 5.73 Å². The molecule has 18 heavy (non-hydrogen) atoms. The summed E-state index contributed by atoms with van der Waals surface area (Å²) in [7, 11) is 0. The van der Waals surface area contributed by atoms with Gasteiger partial charge in [-0.2, -0.15) is 5.10 Å². The first-order valence-electron chi connectivity index (χ1n) is 6.16. The molecule has 1 heterocycles. The first-order chi connectivity index (χ1) is 8.72. The van der Waals surface area contributed by atoms with Crippen molar-refractivity contribution in [1.29, 1.82) is 0 Å². The number of aryl methyl sites for hydroxylation is 2. The second-order valence-corrected chi connectivity index (χ2v) is 4.74. The molecule has 2 aromatic rings. The van der Waals surface area contributed by atoms with Crippen LogP contribution in [0.4, 0.5) is 5.69 Å². The van der Waals surface area contributed by atoms with Gasteiger partial charge in [0.2, 0.25) is 0 Å². The molecule has 0 saturated carbocycles. The molecule has 2 N–H and O–H groups in total. The highest BCUT2D eigenvalue weighted by Gasteiger charge is 2.11. The monoisotopic (exact) mass is 241 g/mol. The lowest BCUT2D eigenvalue weighted by Gasteiger charge is -2.07. The van der Waals surface area contributed by atoms with Gasteiger partial charge in [0.05, 0.1) is 18.4 Å². The van der Waals surface area contributed by atoms with Crippen LogP contribution in [-0.4, -0.2) is 9.78 Å². The zero-order chi connectivity index (χ0) is 12.5. The fourth-order valence-corrected chi connectivity index (χ4v) is 2.46. The smallest absolute Gasteiger partial charge is 0.269 e. The van der Waals surface area contributed by atoms with Crippen LogP contribution in [0, 0.1) is 0 Å². The zero-order valence-corrected chi connectivity index (χ0v) is 10.1. The Labute approximate surface area is 105 Å². The third-order valence-electron chi connectivity index (χ3n) is 3.39. The van der Waals surface area contributed by atoms with Crippen molar-refractivity contribution in [3.8, 4) is 0 Å². The molecular formula is C14H15N3O. The van der Waals surface area contributed by atoms with Crippen LogP contribution in [0.25, 0.3) is 0 Å². The van der Waals surface area contributed by atoms with E-state index in [2.05, 4.69) is 23.3 Å². The standard InChI is InChI=1S/C14H15N3O/c15-13-7-14(18)17(16-8-13)9-10-4-5-11-2-1-3-12(11)6-10/h4-8H,1-3,9,15H2. The number of nitrogens with two attached hydrogens (primary N) is 1. The highest BCUT2D eigenvalue weighted by molar-refractivity contribution is 5.35. The van der Waals surface area contributed by atoms with Crippen molar-refractivity contribution < 1.29 is 0 Å². The summed E-state index contributed by atoms with van der Waals surface area (Å²) in [5.41, 5.74) is 9.74. The van der Waals surface area contributed by atoms with Crippen LogP contribution in [-0.2, 0) is 19.4 Å². The summed E-state index contributed by atoms with van der Waals surface area (Å²) in [5, 5.41) is 4.05. The molecule has 92 valence electrons. The first kappa shape index (κ1) is 11.0. The van der Waals surface area contributed by atoms with Gasteiger partial charge in [-0.1, -0.05) is 18.2 Å². The van der Waals surface area contributed by atoms with Crippen LogP contribution in [0.2, 0.25) is 0 Å². The van der Waals surface area contributed by atoms with E-state index in [4.69, 9.17) is 5.73 Å². The first-order valence-corrected chi connectivity index (χ1v) is 6.16. The Bertz CT molecular complexity index is 646. The lowest BCUT2D eigenvalue weighted by Crippen LogP contribution is -2.22. The van der Waals surface area contributed by atoms with Crippen molar-refractivity contribution in [3.05, 3.63) is 57.5 Å².